The van der Waals surface area contributed by atoms with E-state index in [-0.39, 0.29) is 6.04 Å². The zero-order valence-corrected chi connectivity index (χ0v) is 17.5. The summed E-state index contributed by atoms with van der Waals surface area (Å²) in [5, 5.41) is 6.10. The third-order valence-corrected chi connectivity index (χ3v) is 7.33. The third kappa shape index (κ3) is 5.07. The van der Waals surface area contributed by atoms with Gasteiger partial charge in [-0.05, 0) is 31.9 Å². The predicted octanol–water partition coefficient (Wildman–Crippen LogP) is 3.82. The van der Waals surface area contributed by atoms with Crippen LogP contribution in [0, 0.1) is 0 Å². The molecule has 1 aromatic carbocycles. The molecule has 1 aliphatic heterocycles. The smallest absolute Gasteiger partial charge is 0.243 e. The van der Waals surface area contributed by atoms with E-state index in [0.29, 0.717) is 24.6 Å². The van der Waals surface area contributed by atoms with E-state index in [2.05, 4.69) is 10.3 Å². The Morgan fingerprint density at radius 3 is 2.48 bits per heavy atom. The number of anilines is 1. The van der Waals surface area contributed by atoms with Gasteiger partial charge < -0.3 is 10.1 Å². The highest BCUT2D eigenvalue weighted by atomic mass is 32.2. The Morgan fingerprint density at radius 2 is 1.85 bits per heavy atom. The van der Waals surface area contributed by atoms with E-state index in [0.717, 1.165) is 42.1 Å². The van der Waals surface area contributed by atoms with E-state index in [9.17, 15) is 8.42 Å². The molecule has 1 fully saturated rings. The fourth-order valence-electron chi connectivity index (χ4n) is 3.20. The highest BCUT2D eigenvalue weighted by Gasteiger charge is 2.25. The van der Waals surface area contributed by atoms with Gasteiger partial charge in [0.25, 0.3) is 0 Å². The summed E-state index contributed by atoms with van der Waals surface area (Å²) in [6.45, 7) is 3.88. The first-order valence-electron chi connectivity index (χ1n) is 9.32. The lowest BCUT2D eigenvalue weighted by Crippen LogP contribution is -2.31. The first-order valence-corrected chi connectivity index (χ1v) is 11.6. The van der Waals surface area contributed by atoms with Gasteiger partial charge in [-0.2, -0.15) is 4.31 Å². The molecule has 0 aliphatic carbocycles. The molecule has 8 heteroatoms. The molecule has 2 heterocycles. The summed E-state index contributed by atoms with van der Waals surface area (Å²) in [7, 11) is -1.74. The fraction of sp³-hybridized carbons (Fsp3) is 0.526. The van der Waals surface area contributed by atoms with Crippen LogP contribution in [0.4, 0.5) is 5.13 Å². The zero-order chi connectivity index (χ0) is 19.3. The van der Waals surface area contributed by atoms with Crippen LogP contribution in [0.15, 0.2) is 34.5 Å². The van der Waals surface area contributed by atoms with Crippen LogP contribution in [0.2, 0.25) is 0 Å². The average Bonchev–Trinajstić information content (AvgIpc) is 2.93. The summed E-state index contributed by atoms with van der Waals surface area (Å²) < 4.78 is 32.5. The number of aromatic nitrogens is 1. The van der Waals surface area contributed by atoms with Crippen molar-refractivity contribution in [1.82, 2.24) is 9.29 Å². The van der Waals surface area contributed by atoms with Crippen LogP contribution in [-0.2, 0) is 14.8 Å². The van der Waals surface area contributed by atoms with Gasteiger partial charge in [-0.1, -0.05) is 25.0 Å². The second kappa shape index (κ2) is 9.14. The molecule has 1 aliphatic rings. The van der Waals surface area contributed by atoms with E-state index >= 15 is 0 Å². The molecule has 0 amide bonds. The molecule has 3 rings (SSSR count). The number of nitrogens with one attached hydrogen (secondary N) is 1. The summed E-state index contributed by atoms with van der Waals surface area (Å²) in [5.41, 5.74) is 1.75. The van der Waals surface area contributed by atoms with Gasteiger partial charge in [-0.15, -0.1) is 11.3 Å². The van der Waals surface area contributed by atoms with Gasteiger partial charge in [-0.25, -0.2) is 13.4 Å². The number of benzene rings is 1. The maximum absolute atomic E-state index is 12.9. The van der Waals surface area contributed by atoms with Crippen molar-refractivity contribution in [1.29, 1.82) is 0 Å². The molecule has 0 radical (unpaired) electrons. The SMILES string of the molecule is COC[C@@H](C)Nc1nc(-c2ccc(S(=O)(=O)N3CCCCCC3)cc2)cs1. The van der Waals surface area contributed by atoms with Crippen molar-refractivity contribution in [2.45, 2.75) is 43.5 Å². The second-order valence-electron chi connectivity index (χ2n) is 6.88. The van der Waals surface area contributed by atoms with Crippen molar-refractivity contribution in [3.8, 4) is 11.3 Å². The lowest BCUT2D eigenvalue weighted by atomic mass is 10.2. The lowest BCUT2D eigenvalue weighted by Gasteiger charge is -2.20. The summed E-state index contributed by atoms with van der Waals surface area (Å²) in [6, 6.07) is 7.23. The normalized spacial score (nSPS) is 17.4. The highest BCUT2D eigenvalue weighted by molar-refractivity contribution is 7.89. The molecule has 0 spiro atoms. The number of hydrogen-bond donors (Lipinski definition) is 1. The fourth-order valence-corrected chi connectivity index (χ4v) is 5.55. The van der Waals surface area contributed by atoms with Crippen molar-refractivity contribution in [3.63, 3.8) is 0 Å². The van der Waals surface area contributed by atoms with Crippen molar-refractivity contribution < 1.29 is 13.2 Å². The Balaban J connectivity index is 1.72. The Bertz CT molecular complexity index is 826. The van der Waals surface area contributed by atoms with Gasteiger partial charge in [0.15, 0.2) is 5.13 Å². The quantitative estimate of drug-likeness (QED) is 0.753. The molecule has 27 heavy (non-hydrogen) atoms. The number of sulfonamides is 1. The summed E-state index contributed by atoms with van der Waals surface area (Å²) >= 11 is 1.53. The molecule has 6 nitrogen and oxygen atoms in total. The number of nitrogens with zero attached hydrogens (tertiary/aromatic N) is 2. The van der Waals surface area contributed by atoms with Crippen molar-refractivity contribution in [2.24, 2.45) is 0 Å². The van der Waals surface area contributed by atoms with Crippen LogP contribution in [0.5, 0.6) is 0 Å². The molecule has 1 atom stereocenters. The van der Waals surface area contributed by atoms with Crippen LogP contribution in [0.3, 0.4) is 0 Å². The first kappa shape index (κ1) is 20.3. The van der Waals surface area contributed by atoms with Gasteiger partial charge in [0.1, 0.15) is 0 Å². The van der Waals surface area contributed by atoms with E-state index < -0.39 is 10.0 Å². The van der Waals surface area contributed by atoms with E-state index in [1.54, 1.807) is 23.5 Å². The number of thiazole rings is 1. The van der Waals surface area contributed by atoms with Gasteiger partial charge in [0.2, 0.25) is 10.0 Å². The maximum atomic E-state index is 12.9. The van der Waals surface area contributed by atoms with Crippen molar-refractivity contribution in [3.05, 3.63) is 29.6 Å². The van der Waals surface area contributed by atoms with Gasteiger partial charge >= 0.3 is 0 Å². The van der Waals surface area contributed by atoms with Crippen LogP contribution >= 0.6 is 11.3 Å². The van der Waals surface area contributed by atoms with Crippen LogP contribution < -0.4 is 5.32 Å². The van der Waals surface area contributed by atoms with Crippen LogP contribution in [0.25, 0.3) is 11.3 Å². The summed E-state index contributed by atoms with van der Waals surface area (Å²) in [5.74, 6) is 0. The molecule has 0 unspecified atom stereocenters. The Kier molecular flexibility index (Phi) is 6.86. The zero-order valence-electron chi connectivity index (χ0n) is 15.8. The molecular weight excluding hydrogens is 382 g/mol. The Labute approximate surface area is 165 Å². The predicted molar refractivity (Wildman–Crippen MR) is 110 cm³/mol. The first-order chi connectivity index (χ1) is 13.0. The minimum atomic E-state index is -3.41. The topological polar surface area (TPSA) is 71.5 Å². The summed E-state index contributed by atoms with van der Waals surface area (Å²) in [6.07, 6.45) is 4.09. The molecular formula is C19H27N3O3S2. The van der Waals surface area contributed by atoms with E-state index in [4.69, 9.17) is 4.74 Å². The number of hydrogen-bond acceptors (Lipinski definition) is 6. The Hall–Kier alpha value is -1.48. The third-order valence-electron chi connectivity index (χ3n) is 4.64. The summed E-state index contributed by atoms with van der Waals surface area (Å²) in [4.78, 5) is 4.95. The van der Waals surface area contributed by atoms with E-state index in [1.165, 1.54) is 11.3 Å². The Morgan fingerprint density at radius 1 is 1.19 bits per heavy atom. The monoisotopic (exact) mass is 409 g/mol. The van der Waals surface area contributed by atoms with Gasteiger partial charge in [0.05, 0.1) is 17.2 Å². The van der Waals surface area contributed by atoms with Crippen LogP contribution in [0.1, 0.15) is 32.6 Å². The van der Waals surface area contributed by atoms with Crippen LogP contribution in [-0.4, -0.2) is 50.6 Å². The molecule has 0 bridgehead atoms. The average molecular weight is 410 g/mol. The highest BCUT2D eigenvalue weighted by Crippen LogP contribution is 2.27. The largest absolute Gasteiger partial charge is 0.383 e. The van der Waals surface area contributed by atoms with E-state index in [1.807, 2.05) is 24.4 Å². The minimum absolute atomic E-state index is 0.176. The standard InChI is InChI=1S/C19H27N3O3S2/c1-15(13-25-2)20-19-21-18(14-26-19)16-7-9-17(10-8-16)27(23,24)22-11-5-3-4-6-12-22/h7-10,14-15H,3-6,11-13H2,1-2H3,(H,20,21)/t15-/m1/s1. The molecule has 1 aromatic heterocycles. The molecule has 1 N–H and O–H groups in total. The lowest BCUT2D eigenvalue weighted by molar-refractivity contribution is 0.190. The molecule has 0 saturated carbocycles. The molecule has 2 aromatic rings. The molecule has 148 valence electrons. The molecule has 1 saturated heterocycles. The minimum Gasteiger partial charge on any atom is -0.383 e. The second-order valence-corrected chi connectivity index (χ2v) is 9.68. The van der Waals surface area contributed by atoms with Crippen molar-refractivity contribution in [2.75, 3.05) is 32.1 Å². The number of ether oxygens (including phenoxy) is 1. The van der Waals surface area contributed by atoms with Gasteiger partial charge in [-0.3, -0.25) is 0 Å². The number of rotatable bonds is 7. The number of methoxy groups -OCH3 is 1. The van der Waals surface area contributed by atoms with Gasteiger partial charge in [0, 0.05) is 37.2 Å². The van der Waals surface area contributed by atoms with Crippen molar-refractivity contribution >= 4 is 26.5 Å². The maximum Gasteiger partial charge on any atom is 0.243 e.